The summed E-state index contributed by atoms with van der Waals surface area (Å²) >= 11 is 0. The topological polar surface area (TPSA) is 237 Å². The number of carbonyl (C=O) groups excluding carboxylic acids is 4. The fraction of sp³-hybridized carbons (Fsp3) is 0.654. The van der Waals surface area contributed by atoms with Crippen LogP contribution in [0, 0.1) is 0 Å². The number of phosphoric acid groups is 2. The molecule has 3 N–H and O–H groups in total. The van der Waals surface area contributed by atoms with Crippen LogP contribution >= 0.6 is 15.6 Å². The molecule has 0 aromatic heterocycles. The lowest BCUT2D eigenvalue weighted by Crippen LogP contribution is -2.30. The number of aliphatic hydroxyl groups is 1. The highest BCUT2D eigenvalue weighted by Crippen LogP contribution is 2.45. The Morgan fingerprint density at radius 3 is 0.930 bits per heavy atom. The third kappa shape index (κ3) is 71.3. The van der Waals surface area contributed by atoms with E-state index in [1.54, 1.807) is 6.08 Å². The number of esters is 4. The minimum atomic E-state index is -5.00. The van der Waals surface area contributed by atoms with E-state index in [2.05, 4.69) is 149 Å². The van der Waals surface area contributed by atoms with Crippen molar-refractivity contribution < 1.29 is 80.2 Å². The molecule has 0 saturated carbocycles. The molecule has 100 heavy (non-hydrogen) atoms. The first kappa shape index (κ1) is 94.9. The van der Waals surface area contributed by atoms with Gasteiger partial charge in [-0.1, -0.05) is 263 Å². The average Bonchev–Trinajstić information content (AvgIpc) is 0.937. The van der Waals surface area contributed by atoms with Gasteiger partial charge in [-0.15, -0.1) is 0 Å². The lowest BCUT2D eigenvalue weighted by molar-refractivity contribution is -0.161. The summed E-state index contributed by atoms with van der Waals surface area (Å²) in [7, 11) is -9.99. The van der Waals surface area contributed by atoms with Crippen LogP contribution in [0.25, 0.3) is 0 Å². The van der Waals surface area contributed by atoms with Crippen LogP contribution in [-0.2, 0) is 65.4 Å². The lowest BCUT2D eigenvalue weighted by Gasteiger charge is -2.21. The van der Waals surface area contributed by atoms with Crippen LogP contribution in [0.5, 0.6) is 0 Å². The molecule has 0 heterocycles. The highest BCUT2D eigenvalue weighted by Gasteiger charge is 2.30. The molecule has 19 heteroatoms. The Labute approximate surface area is 605 Å². The molecule has 0 bridgehead atoms. The first-order chi connectivity index (χ1) is 48.7. The maximum atomic E-state index is 13.1. The van der Waals surface area contributed by atoms with Crippen molar-refractivity contribution in [2.45, 2.75) is 303 Å². The predicted octanol–water partition coefficient (Wildman–Crippen LogP) is 21.9. The van der Waals surface area contributed by atoms with Gasteiger partial charge >= 0.3 is 39.5 Å². The molecule has 0 radical (unpaired) electrons. The zero-order valence-corrected chi connectivity index (χ0v) is 63.9. The number of phosphoric ester groups is 2. The summed E-state index contributed by atoms with van der Waals surface area (Å²) in [5.74, 6) is -2.37. The van der Waals surface area contributed by atoms with E-state index in [1.807, 2.05) is 18.2 Å². The number of aliphatic hydroxyl groups excluding tert-OH is 1. The number of rotatable bonds is 70. The van der Waals surface area contributed by atoms with Crippen LogP contribution in [0.3, 0.4) is 0 Å². The summed E-state index contributed by atoms with van der Waals surface area (Å²) in [4.78, 5) is 72.8. The molecular formula is C81H134O17P2. The number of unbranched alkanes of at least 4 members (excludes halogenated alkanes) is 21. The van der Waals surface area contributed by atoms with Crippen LogP contribution in [0.15, 0.2) is 146 Å². The number of allylic oxidation sites excluding steroid dienone is 23. The number of carbonyl (C=O) groups is 4. The van der Waals surface area contributed by atoms with E-state index in [1.165, 1.54) is 19.3 Å². The minimum Gasteiger partial charge on any atom is -0.462 e. The van der Waals surface area contributed by atoms with Gasteiger partial charge in [-0.25, -0.2) is 9.13 Å². The molecule has 0 aromatic rings. The van der Waals surface area contributed by atoms with Crippen LogP contribution in [0.4, 0.5) is 0 Å². The second kappa shape index (κ2) is 72.3. The standard InChI is InChI=1S/C81H134O17P2/c1-5-9-13-17-21-25-29-33-36-37-40-43-46-50-54-58-62-66-79(84)92-72-77(98-81(86)68-64-60-56-52-48-44-39-35-31-27-23-19-15-11-7-3)74-96-100(89,90)94-70-75(82)69-93-99(87,88)95-73-76(97-80(85)67-63-59-55-51-47-41-32-28-24-20-16-12-8-4)71-91-78(83)65-61-57-53-49-45-42-38-34-30-26-22-18-14-10-6-2/h9-10,13-14,16,20-23,25-28,32-36,38-39,45,49,57,61,75-77,82H,5-8,11-12,15,17-19,24,29-31,37,40-44,46-48,50-56,58-60,62-74H2,1-4H3,(H,87,88)(H,89,90)/b13-9-,14-10-,20-16-,25-21-,26-22-,27-23-,32-28-,36-33-,38-34-,39-35-,49-45-,61-57-. The highest BCUT2D eigenvalue weighted by molar-refractivity contribution is 7.47. The fourth-order valence-corrected chi connectivity index (χ4v) is 11.1. The van der Waals surface area contributed by atoms with Gasteiger partial charge in [0.05, 0.1) is 32.8 Å². The zero-order valence-electron chi connectivity index (χ0n) is 62.1. The second-order valence-electron chi connectivity index (χ2n) is 24.8. The minimum absolute atomic E-state index is 0.0549. The molecule has 5 unspecified atom stereocenters. The summed E-state index contributed by atoms with van der Waals surface area (Å²) in [6, 6.07) is 0. The van der Waals surface area contributed by atoms with E-state index in [0.29, 0.717) is 25.7 Å². The van der Waals surface area contributed by atoms with Crippen LogP contribution in [0.1, 0.15) is 285 Å². The summed E-state index contributed by atoms with van der Waals surface area (Å²) in [6.45, 7) is 4.38. The molecule has 0 amide bonds. The average molecular weight is 1440 g/mol. The van der Waals surface area contributed by atoms with Gasteiger partial charge in [0.15, 0.2) is 12.2 Å². The van der Waals surface area contributed by atoms with Crippen molar-refractivity contribution in [2.24, 2.45) is 0 Å². The van der Waals surface area contributed by atoms with Crippen molar-refractivity contribution in [3.8, 4) is 0 Å². The second-order valence-corrected chi connectivity index (χ2v) is 27.7. The largest absolute Gasteiger partial charge is 0.472 e. The molecule has 0 saturated heterocycles. The maximum absolute atomic E-state index is 13.1. The van der Waals surface area contributed by atoms with Crippen LogP contribution in [-0.4, -0.2) is 96.7 Å². The molecule has 5 atom stereocenters. The fourth-order valence-electron chi connectivity index (χ4n) is 9.55. The number of ether oxygens (including phenoxy) is 4. The number of hydrogen-bond donors (Lipinski definition) is 3. The van der Waals surface area contributed by atoms with Gasteiger partial charge in [0.25, 0.3) is 0 Å². The molecule has 0 rings (SSSR count). The van der Waals surface area contributed by atoms with Gasteiger partial charge in [-0.3, -0.25) is 37.3 Å². The van der Waals surface area contributed by atoms with E-state index in [9.17, 15) is 43.2 Å². The lowest BCUT2D eigenvalue weighted by atomic mass is 10.1. The molecule has 0 aliphatic rings. The molecule has 17 nitrogen and oxygen atoms in total. The third-order valence-corrected chi connectivity index (χ3v) is 17.2. The number of hydrogen-bond acceptors (Lipinski definition) is 15. The Morgan fingerprint density at radius 2 is 0.580 bits per heavy atom. The Hall–Kier alpha value is -5.06. The van der Waals surface area contributed by atoms with Crippen LogP contribution < -0.4 is 0 Å². The van der Waals surface area contributed by atoms with Gasteiger partial charge in [-0.05, 0) is 141 Å². The van der Waals surface area contributed by atoms with Crippen molar-refractivity contribution in [1.82, 2.24) is 0 Å². The first-order valence-corrected chi connectivity index (χ1v) is 41.1. The highest BCUT2D eigenvalue weighted by atomic mass is 31.2. The summed E-state index contributed by atoms with van der Waals surface area (Å²) in [5.41, 5.74) is 0. The normalized spacial score (nSPS) is 14.8. The SMILES string of the molecule is CC/C=C\C/C=C\C/C=C\C/C=C\C/C=C\CC(=O)OCC(COP(=O)(O)OCC(O)COP(=O)(O)OCC(COC(=O)CCCCCCCCC/C=C\C/C=C\C/C=C\CC)OC(=O)CCCCCCC/C=C\C/C=C\CCCCC)OC(=O)CCCCCCC/C=C\C/C=C\CCC. The van der Waals surface area contributed by atoms with E-state index in [0.717, 1.165) is 186 Å². The Balaban J connectivity index is 5.44. The quantitative estimate of drug-likeness (QED) is 0.0169. The predicted molar refractivity (Wildman–Crippen MR) is 408 cm³/mol. The third-order valence-electron chi connectivity index (χ3n) is 15.3. The molecular weight excluding hydrogens is 1310 g/mol. The first-order valence-electron chi connectivity index (χ1n) is 38.1. The molecule has 0 fully saturated rings. The molecule has 0 aliphatic carbocycles. The van der Waals surface area contributed by atoms with Crippen molar-refractivity contribution in [1.29, 1.82) is 0 Å². The Morgan fingerprint density at radius 1 is 0.300 bits per heavy atom. The molecule has 570 valence electrons. The van der Waals surface area contributed by atoms with E-state index >= 15 is 0 Å². The van der Waals surface area contributed by atoms with Crippen molar-refractivity contribution in [3.05, 3.63) is 146 Å². The van der Waals surface area contributed by atoms with Gasteiger partial charge in [0.2, 0.25) is 0 Å². The van der Waals surface area contributed by atoms with E-state index < -0.39 is 97.5 Å². The Bertz CT molecular complexity index is 2470. The molecule has 0 aromatic carbocycles. The maximum Gasteiger partial charge on any atom is 0.472 e. The van der Waals surface area contributed by atoms with Gasteiger partial charge < -0.3 is 33.8 Å². The van der Waals surface area contributed by atoms with Crippen LogP contribution in [0.2, 0.25) is 0 Å². The van der Waals surface area contributed by atoms with E-state index in [-0.39, 0.29) is 25.7 Å². The molecule has 0 spiro atoms. The van der Waals surface area contributed by atoms with E-state index in [4.69, 9.17) is 37.0 Å². The van der Waals surface area contributed by atoms with Gasteiger partial charge in [0.1, 0.15) is 19.3 Å². The van der Waals surface area contributed by atoms with Crippen molar-refractivity contribution >= 4 is 39.5 Å². The monoisotopic (exact) mass is 1440 g/mol. The smallest absolute Gasteiger partial charge is 0.462 e. The van der Waals surface area contributed by atoms with Crippen molar-refractivity contribution in [3.63, 3.8) is 0 Å². The van der Waals surface area contributed by atoms with Crippen molar-refractivity contribution in [2.75, 3.05) is 39.6 Å². The molecule has 0 aliphatic heterocycles. The van der Waals surface area contributed by atoms with Gasteiger partial charge in [-0.2, -0.15) is 0 Å². The summed E-state index contributed by atoms with van der Waals surface area (Å²) < 4.78 is 68.3. The Kier molecular flexibility index (Phi) is 68.6. The van der Waals surface area contributed by atoms with Gasteiger partial charge in [0, 0.05) is 19.3 Å². The summed E-state index contributed by atoms with van der Waals surface area (Å²) in [6.07, 6.45) is 81.5. The zero-order chi connectivity index (χ0) is 73.2. The summed E-state index contributed by atoms with van der Waals surface area (Å²) in [5, 5.41) is 10.6.